The lowest BCUT2D eigenvalue weighted by molar-refractivity contribution is 0.414. The number of furan rings is 1. The molecule has 2 aromatic rings. The fourth-order valence-corrected chi connectivity index (χ4v) is 4.62. The average molecular weight is 318 g/mol. The number of hydrogen-bond acceptors (Lipinski definition) is 6. The molecular weight excluding hydrogens is 304 g/mol. The van der Waals surface area contributed by atoms with E-state index in [0.29, 0.717) is 0 Å². The van der Waals surface area contributed by atoms with Crippen LogP contribution in [-0.2, 0) is 0 Å². The Morgan fingerprint density at radius 1 is 1.43 bits per heavy atom. The summed E-state index contributed by atoms with van der Waals surface area (Å²) in [5, 5.41) is 2.22. The topological polar surface area (TPSA) is 38.0 Å². The molecule has 2 aliphatic heterocycles. The maximum atomic E-state index is 5.58. The van der Waals surface area contributed by atoms with E-state index in [0.717, 1.165) is 40.5 Å². The zero-order valence-electron chi connectivity index (χ0n) is 11.8. The Morgan fingerprint density at radius 3 is 3.14 bits per heavy atom. The molecule has 0 spiro atoms. The highest BCUT2D eigenvalue weighted by Gasteiger charge is 2.33. The van der Waals surface area contributed by atoms with E-state index in [1.54, 1.807) is 36.9 Å². The molecule has 0 amide bonds. The predicted molar refractivity (Wildman–Crippen MR) is 89.8 cm³/mol. The largest absolute Gasteiger partial charge is 0.497 e. The van der Waals surface area contributed by atoms with E-state index in [1.165, 1.54) is 9.93 Å². The van der Waals surface area contributed by atoms with E-state index in [2.05, 4.69) is 22.2 Å². The van der Waals surface area contributed by atoms with Gasteiger partial charge in [0.25, 0.3) is 0 Å². The first-order valence-corrected chi connectivity index (χ1v) is 8.69. The molecule has 0 atom stereocenters. The Kier molecular flexibility index (Phi) is 3.15. The van der Waals surface area contributed by atoms with Crippen LogP contribution in [-0.4, -0.2) is 36.5 Å². The standard InChI is InChI=1S/C15H14N2O2S2/c1-18-9-7-11(10-3-6-19-12(10)8-9)13-14(20-2)21-15-16-4-5-17(13)15/h3,6-8H,4-5H2,1-2H3. The molecule has 0 aliphatic carbocycles. The van der Waals surface area contributed by atoms with Crippen LogP contribution in [0.2, 0.25) is 0 Å². The summed E-state index contributed by atoms with van der Waals surface area (Å²) >= 11 is 3.52. The fourth-order valence-electron chi connectivity index (χ4n) is 2.72. The normalized spacial score (nSPS) is 17.6. The van der Waals surface area contributed by atoms with Crippen LogP contribution < -0.4 is 4.74 Å². The molecule has 1 aromatic carbocycles. The van der Waals surface area contributed by atoms with Crippen molar-refractivity contribution in [1.29, 1.82) is 0 Å². The molecule has 0 saturated carbocycles. The van der Waals surface area contributed by atoms with Gasteiger partial charge in [0.1, 0.15) is 11.3 Å². The van der Waals surface area contributed by atoms with Crippen LogP contribution in [0.1, 0.15) is 5.56 Å². The van der Waals surface area contributed by atoms with Crippen molar-refractivity contribution in [2.75, 3.05) is 26.5 Å². The second-order valence-corrected chi connectivity index (χ2v) is 6.82. The second kappa shape index (κ2) is 5.03. The molecular formula is C15H14N2O2S2. The number of aliphatic imine (C=N–C) groups is 1. The molecule has 2 aliphatic rings. The number of ether oxygens (including phenoxy) is 1. The molecule has 0 bridgehead atoms. The van der Waals surface area contributed by atoms with Gasteiger partial charge in [-0.25, -0.2) is 0 Å². The lowest BCUT2D eigenvalue weighted by atomic mass is 10.1. The van der Waals surface area contributed by atoms with Crippen molar-refractivity contribution in [3.05, 3.63) is 34.3 Å². The van der Waals surface area contributed by atoms with Crippen LogP contribution in [0.5, 0.6) is 5.75 Å². The molecule has 0 radical (unpaired) electrons. The summed E-state index contributed by atoms with van der Waals surface area (Å²) in [4.78, 5) is 6.88. The first-order chi connectivity index (χ1) is 10.3. The summed E-state index contributed by atoms with van der Waals surface area (Å²) in [6.45, 7) is 1.81. The third-order valence-electron chi connectivity index (χ3n) is 3.67. The van der Waals surface area contributed by atoms with Crippen LogP contribution in [0.4, 0.5) is 0 Å². The highest BCUT2D eigenvalue weighted by atomic mass is 32.2. The molecule has 0 N–H and O–H groups in total. The molecule has 21 heavy (non-hydrogen) atoms. The molecule has 0 fully saturated rings. The molecule has 3 heterocycles. The fraction of sp³-hybridized carbons (Fsp3) is 0.267. The van der Waals surface area contributed by atoms with Gasteiger partial charge in [0, 0.05) is 23.6 Å². The second-order valence-electron chi connectivity index (χ2n) is 4.77. The maximum absolute atomic E-state index is 5.58. The monoisotopic (exact) mass is 318 g/mol. The summed E-state index contributed by atoms with van der Waals surface area (Å²) < 4.78 is 12.3. The number of hydrogen-bond donors (Lipinski definition) is 0. The Hall–Kier alpha value is -1.53. The first kappa shape index (κ1) is 13.2. The van der Waals surface area contributed by atoms with Crippen LogP contribution in [0, 0.1) is 0 Å². The number of rotatable bonds is 3. The molecule has 4 nitrogen and oxygen atoms in total. The minimum Gasteiger partial charge on any atom is -0.497 e. The number of nitrogens with zero attached hydrogens (tertiary/aromatic N) is 2. The highest BCUT2D eigenvalue weighted by Crippen LogP contribution is 2.48. The van der Waals surface area contributed by atoms with E-state index in [1.807, 2.05) is 12.1 Å². The summed E-state index contributed by atoms with van der Waals surface area (Å²) in [5.41, 5.74) is 3.24. The van der Waals surface area contributed by atoms with Crippen LogP contribution in [0.3, 0.4) is 0 Å². The maximum Gasteiger partial charge on any atom is 0.169 e. The Balaban J connectivity index is 1.96. The zero-order valence-corrected chi connectivity index (χ0v) is 13.4. The van der Waals surface area contributed by atoms with Crippen LogP contribution in [0.25, 0.3) is 16.7 Å². The van der Waals surface area contributed by atoms with E-state index < -0.39 is 0 Å². The summed E-state index contributed by atoms with van der Waals surface area (Å²) in [6, 6.07) is 6.04. The van der Waals surface area contributed by atoms with Gasteiger partial charge in [-0.1, -0.05) is 0 Å². The van der Waals surface area contributed by atoms with Crippen molar-refractivity contribution >= 4 is 45.4 Å². The Labute approximate surface area is 131 Å². The molecule has 0 unspecified atom stereocenters. The van der Waals surface area contributed by atoms with Crippen molar-refractivity contribution < 1.29 is 9.15 Å². The van der Waals surface area contributed by atoms with Crippen molar-refractivity contribution in [3.63, 3.8) is 0 Å². The van der Waals surface area contributed by atoms with Crippen molar-refractivity contribution in [2.45, 2.75) is 0 Å². The van der Waals surface area contributed by atoms with Gasteiger partial charge in [-0.2, -0.15) is 0 Å². The summed E-state index contributed by atoms with van der Waals surface area (Å²) in [7, 11) is 1.68. The van der Waals surface area contributed by atoms with E-state index in [-0.39, 0.29) is 0 Å². The third-order valence-corrected chi connectivity index (χ3v) is 5.90. The SMILES string of the molecule is COc1cc(C2=C(SC)SC3=NCCN32)c2ccoc2c1. The van der Waals surface area contributed by atoms with E-state index in [9.17, 15) is 0 Å². The highest BCUT2D eigenvalue weighted by molar-refractivity contribution is 8.30. The van der Waals surface area contributed by atoms with Gasteiger partial charge >= 0.3 is 0 Å². The molecule has 108 valence electrons. The molecule has 4 rings (SSSR count). The zero-order chi connectivity index (χ0) is 14.4. The molecule has 1 aromatic heterocycles. The summed E-state index contributed by atoms with van der Waals surface area (Å²) in [5.74, 6) is 0.815. The number of benzene rings is 1. The van der Waals surface area contributed by atoms with Gasteiger partial charge in [0.05, 0.1) is 29.9 Å². The predicted octanol–water partition coefficient (Wildman–Crippen LogP) is 3.85. The third kappa shape index (κ3) is 1.97. The molecule has 6 heteroatoms. The lowest BCUT2D eigenvalue weighted by Gasteiger charge is -2.18. The van der Waals surface area contributed by atoms with Gasteiger partial charge in [0.15, 0.2) is 5.17 Å². The number of thioether (sulfide) groups is 2. The average Bonchev–Trinajstić information content (AvgIpc) is 3.20. The Morgan fingerprint density at radius 2 is 2.33 bits per heavy atom. The van der Waals surface area contributed by atoms with Crippen LogP contribution in [0.15, 0.2) is 38.1 Å². The van der Waals surface area contributed by atoms with Crippen LogP contribution >= 0.6 is 23.5 Å². The quantitative estimate of drug-likeness (QED) is 0.859. The smallest absolute Gasteiger partial charge is 0.169 e. The number of amidine groups is 1. The lowest BCUT2D eigenvalue weighted by Crippen LogP contribution is -2.20. The molecule has 0 saturated heterocycles. The van der Waals surface area contributed by atoms with Gasteiger partial charge in [-0.3, -0.25) is 4.99 Å². The van der Waals surface area contributed by atoms with Gasteiger partial charge in [-0.15, -0.1) is 11.8 Å². The number of methoxy groups -OCH3 is 1. The van der Waals surface area contributed by atoms with E-state index in [4.69, 9.17) is 9.15 Å². The number of fused-ring (bicyclic) bond motifs is 2. The van der Waals surface area contributed by atoms with Crippen molar-refractivity contribution in [1.82, 2.24) is 4.90 Å². The first-order valence-electron chi connectivity index (χ1n) is 6.65. The van der Waals surface area contributed by atoms with Crippen molar-refractivity contribution in [2.24, 2.45) is 4.99 Å². The van der Waals surface area contributed by atoms with E-state index >= 15 is 0 Å². The van der Waals surface area contributed by atoms with Gasteiger partial charge < -0.3 is 14.1 Å². The van der Waals surface area contributed by atoms with Gasteiger partial charge in [0.2, 0.25) is 0 Å². The van der Waals surface area contributed by atoms with Gasteiger partial charge in [-0.05, 0) is 30.2 Å². The minimum atomic E-state index is 0.815. The Bertz CT molecular complexity index is 779. The summed E-state index contributed by atoms with van der Waals surface area (Å²) in [6.07, 6.45) is 3.84. The minimum absolute atomic E-state index is 0.815. The van der Waals surface area contributed by atoms with Crippen molar-refractivity contribution in [3.8, 4) is 5.75 Å².